The number of carbonyl (C=O) groups is 1. The van der Waals surface area contributed by atoms with E-state index in [-0.39, 0.29) is 5.91 Å². The molecule has 2 rings (SSSR count). The fourth-order valence-corrected chi connectivity index (χ4v) is 2.15. The molecular weight excluding hydrogens is 274 g/mol. The minimum Gasteiger partial charge on any atom is -0.384 e. The van der Waals surface area contributed by atoms with Gasteiger partial charge in [0.05, 0.1) is 11.9 Å². The van der Waals surface area contributed by atoms with Crippen LogP contribution in [0.5, 0.6) is 0 Å². The summed E-state index contributed by atoms with van der Waals surface area (Å²) in [4.78, 5) is 16.4. The molecule has 0 aliphatic heterocycles. The Hall–Kier alpha value is -2.36. The number of aryl methyl sites for hydroxylation is 1. The fraction of sp³-hybridized carbons (Fsp3) is 0.333. The molecule has 4 nitrogen and oxygen atoms in total. The third-order valence-electron chi connectivity index (χ3n) is 3.39. The van der Waals surface area contributed by atoms with Crippen LogP contribution in [0.2, 0.25) is 0 Å². The first-order chi connectivity index (χ1) is 10.7. The van der Waals surface area contributed by atoms with E-state index in [1.54, 1.807) is 12.3 Å². The van der Waals surface area contributed by atoms with Gasteiger partial charge in [0.1, 0.15) is 5.82 Å². The molecule has 0 fully saturated rings. The van der Waals surface area contributed by atoms with Gasteiger partial charge in [-0.05, 0) is 37.6 Å². The van der Waals surface area contributed by atoms with Crippen molar-refractivity contribution >= 4 is 17.4 Å². The van der Waals surface area contributed by atoms with Gasteiger partial charge >= 0.3 is 0 Å². The summed E-state index contributed by atoms with van der Waals surface area (Å²) >= 11 is 0. The molecule has 116 valence electrons. The van der Waals surface area contributed by atoms with Crippen molar-refractivity contribution in [1.82, 2.24) is 4.98 Å². The molecule has 0 spiro atoms. The molecule has 0 aliphatic rings. The minimum absolute atomic E-state index is 0.139. The van der Waals surface area contributed by atoms with Crippen LogP contribution in [-0.2, 0) is 0 Å². The van der Waals surface area contributed by atoms with Crippen molar-refractivity contribution in [3.05, 3.63) is 53.7 Å². The van der Waals surface area contributed by atoms with Crippen LogP contribution in [-0.4, -0.2) is 17.4 Å². The van der Waals surface area contributed by atoms with E-state index in [0.717, 1.165) is 24.2 Å². The Morgan fingerprint density at radius 1 is 1.18 bits per heavy atom. The zero-order valence-corrected chi connectivity index (χ0v) is 13.2. The zero-order chi connectivity index (χ0) is 15.8. The van der Waals surface area contributed by atoms with E-state index in [1.807, 2.05) is 37.3 Å². The number of rotatable bonds is 7. The van der Waals surface area contributed by atoms with Crippen molar-refractivity contribution in [2.45, 2.75) is 33.1 Å². The van der Waals surface area contributed by atoms with Gasteiger partial charge in [-0.25, -0.2) is 4.98 Å². The quantitative estimate of drug-likeness (QED) is 0.751. The zero-order valence-electron chi connectivity index (χ0n) is 13.2. The maximum atomic E-state index is 12.1. The van der Waals surface area contributed by atoms with E-state index >= 15 is 0 Å². The van der Waals surface area contributed by atoms with Crippen LogP contribution in [0.1, 0.15) is 42.1 Å². The van der Waals surface area contributed by atoms with Gasteiger partial charge in [-0.15, -0.1) is 0 Å². The lowest BCUT2D eigenvalue weighted by Gasteiger charge is -2.08. The van der Waals surface area contributed by atoms with Crippen molar-refractivity contribution < 1.29 is 4.79 Å². The molecule has 2 aromatic rings. The Balaban J connectivity index is 1.89. The smallest absolute Gasteiger partial charge is 0.256 e. The van der Waals surface area contributed by atoms with Crippen LogP contribution >= 0.6 is 0 Å². The number of nitrogens with zero attached hydrogens (tertiary/aromatic N) is 1. The van der Waals surface area contributed by atoms with Gasteiger partial charge in [0.15, 0.2) is 0 Å². The van der Waals surface area contributed by atoms with Gasteiger partial charge in [0.25, 0.3) is 5.91 Å². The lowest BCUT2D eigenvalue weighted by atomic mass is 10.1. The van der Waals surface area contributed by atoms with Crippen molar-refractivity contribution in [3.63, 3.8) is 0 Å². The molecule has 0 saturated carbocycles. The molecule has 0 aliphatic carbocycles. The normalized spacial score (nSPS) is 10.3. The Bertz CT molecular complexity index is 608. The van der Waals surface area contributed by atoms with Crippen LogP contribution in [0.15, 0.2) is 42.6 Å². The number of anilines is 2. The highest BCUT2D eigenvalue weighted by Crippen LogP contribution is 2.12. The van der Waals surface area contributed by atoms with Crippen LogP contribution in [0, 0.1) is 6.92 Å². The maximum Gasteiger partial charge on any atom is 0.256 e. The second kappa shape index (κ2) is 8.17. The fourth-order valence-electron chi connectivity index (χ4n) is 2.15. The van der Waals surface area contributed by atoms with Gasteiger partial charge in [-0.1, -0.05) is 37.5 Å². The van der Waals surface area contributed by atoms with Crippen molar-refractivity contribution in [2.24, 2.45) is 0 Å². The average Bonchev–Trinajstić information content (AvgIpc) is 2.53. The highest BCUT2D eigenvalue weighted by Gasteiger charge is 2.06. The van der Waals surface area contributed by atoms with Crippen molar-refractivity contribution in [1.29, 1.82) is 0 Å². The van der Waals surface area contributed by atoms with Gasteiger partial charge < -0.3 is 10.6 Å². The molecule has 0 bridgehead atoms. The molecular formula is C18H23N3O. The van der Waals surface area contributed by atoms with Crippen molar-refractivity contribution in [2.75, 3.05) is 17.2 Å². The number of benzene rings is 1. The lowest BCUT2D eigenvalue weighted by Crippen LogP contribution is -2.13. The number of hydrogen-bond donors (Lipinski definition) is 2. The third kappa shape index (κ3) is 4.88. The standard InChI is InChI=1S/C18H23N3O/c1-3-4-5-11-19-16-9-10-17(20-13-16)21-18(22)15-8-6-7-14(2)12-15/h6-10,12-13,19H,3-5,11H2,1-2H3,(H,20,21,22). The number of carbonyl (C=O) groups excluding carboxylic acids is 1. The molecule has 0 atom stereocenters. The molecule has 22 heavy (non-hydrogen) atoms. The topological polar surface area (TPSA) is 54.0 Å². The number of hydrogen-bond acceptors (Lipinski definition) is 3. The number of aromatic nitrogens is 1. The Morgan fingerprint density at radius 3 is 2.73 bits per heavy atom. The monoisotopic (exact) mass is 297 g/mol. The van der Waals surface area contributed by atoms with Gasteiger partial charge in [-0.2, -0.15) is 0 Å². The van der Waals surface area contributed by atoms with Crippen molar-refractivity contribution in [3.8, 4) is 0 Å². The summed E-state index contributed by atoms with van der Waals surface area (Å²) in [6.45, 7) is 5.10. The average molecular weight is 297 g/mol. The maximum absolute atomic E-state index is 12.1. The summed E-state index contributed by atoms with van der Waals surface area (Å²) < 4.78 is 0. The first-order valence-electron chi connectivity index (χ1n) is 7.77. The molecule has 0 unspecified atom stereocenters. The number of unbranched alkanes of at least 4 members (excludes halogenated alkanes) is 2. The van der Waals surface area contributed by atoms with Crippen LogP contribution < -0.4 is 10.6 Å². The summed E-state index contributed by atoms with van der Waals surface area (Å²) in [6.07, 6.45) is 5.34. The third-order valence-corrected chi connectivity index (χ3v) is 3.39. The molecule has 4 heteroatoms. The van der Waals surface area contributed by atoms with E-state index in [4.69, 9.17) is 0 Å². The van der Waals surface area contributed by atoms with Gasteiger partial charge in [0.2, 0.25) is 0 Å². The summed E-state index contributed by atoms with van der Waals surface area (Å²) in [5.41, 5.74) is 2.68. The van der Waals surface area contributed by atoms with E-state index in [2.05, 4.69) is 22.5 Å². The highest BCUT2D eigenvalue weighted by molar-refractivity contribution is 6.03. The molecule has 1 aromatic heterocycles. The van der Waals surface area contributed by atoms with E-state index in [0.29, 0.717) is 11.4 Å². The highest BCUT2D eigenvalue weighted by atomic mass is 16.1. The molecule has 1 heterocycles. The molecule has 1 amide bonds. The Labute approximate surface area is 132 Å². The van der Waals surface area contributed by atoms with Crippen LogP contribution in [0.4, 0.5) is 11.5 Å². The second-order valence-electron chi connectivity index (χ2n) is 5.39. The van der Waals surface area contributed by atoms with E-state index < -0.39 is 0 Å². The Kier molecular flexibility index (Phi) is 5.95. The van der Waals surface area contributed by atoms with E-state index in [1.165, 1.54) is 12.8 Å². The number of amides is 1. The lowest BCUT2D eigenvalue weighted by molar-refractivity contribution is 0.102. The second-order valence-corrected chi connectivity index (χ2v) is 5.39. The first-order valence-corrected chi connectivity index (χ1v) is 7.77. The summed E-state index contributed by atoms with van der Waals surface area (Å²) in [5.74, 6) is 0.422. The molecule has 1 aromatic carbocycles. The van der Waals surface area contributed by atoms with Crippen LogP contribution in [0.3, 0.4) is 0 Å². The summed E-state index contributed by atoms with van der Waals surface area (Å²) in [5, 5.41) is 6.14. The summed E-state index contributed by atoms with van der Waals surface area (Å²) in [6, 6.07) is 11.3. The largest absolute Gasteiger partial charge is 0.384 e. The predicted molar refractivity (Wildman–Crippen MR) is 91.4 cm³/mol. The van der Waals surface area contributed by atoms with Crippen LogP contribution in [0.25, 0.3) is 0 Å². The van der Waals surface area contributed by atoms with E-state index in [9.17, 15) is 4.79 Å². The predicted octanol–water partition coefficient (Wildman–Crippen LogP) is 4.24. The summed E-state index contributed by atoms with van der Waals surface area (Å²) in [7, 11) is 0. The minimum atomic E-state index is -0.139. The first kappa shape index (κ1) is 16.0. The van der Waals surface area contributed by atoms with Gasteiger partial charge in [0, 0.05) is 12.1 Å². The molecule has 0 radical (unpaired) electrons. The number of nitrogens with one attached hydrogen (secondary N) is 2. The molecule has 2 N–H and O–H groups in total. The molecule has 0 saturated heterocycles. The Morgan fingerprint density at radius 2 is 2.05 bits per heavy atom. The van der Waals surface area contributed by atoms with Gasteiger partial charge in [-0.3, -0.25) is 4.79 Å². The SMILES string of the molecule is CCCCCNc1ccc(NC(=O)c2cccc(C)c2)nc1. The number of pyridine rings is 1.